The van der Waals surface area contributed by atoms with Crippen molar-refractivity contribution in [1.82, 2.24) is 10.2 Å². The zero-order valence-electron chi connectivity index (χ0n) is 12.4. The maximum Gasteiger partial charge on any atom is 0.131 e. The van der Waals surface area contributed by atoms with Crippen molar-refractivity contribution in [1.29, 1.82) is 0 Å². The Bertz CT molecular complexity index is 393. The van der Waals surface area contributed by atoms with Crippen molar-refractivity contribution < 1.29 is 13.9 Å². The van der Waals surface area contributed by atoms with Crippen LogP contribution in [0.4, 0.5) is 8.78 Å². The lowest BCUT2D eigenvalue weighted by atomic mass is 10.1. The van der Waals surface area contributed by atoms with Crippen LogP contribution in [0.2, 0.25) is 0 Å². The van der Waals surface area contributed by atoms with Crippen LogP contribution in [0.5, 0.6) is 0 Å². The number of rotatable bonds is 8. The van der Waals surface area contributed by atoms with Crippen molar-refractivity contribution in [2.24, 2.45) is 0 Å². The molecular weight excluding hydrogens is 262 g/mol. The van der Waals surface area contributed by atoms with Gasteiger partial charge in [0.15, 0.2) is 0 Å². The van der Waals surface area contributed by atoms with E-state index in [4.69, 9.17) is 0 Å². The second-order valence-electron chi connectivity index (χ2n) is 5.28. The summed E-state index contributed by atoms with van der Waals surface area (Å²) in [5, 5.41) is 12.8. The van der Waals surface area contributed by atoms with Crippen LogP contribution >= 0.6 is 0 Å². The Hall–Kier alpha value is -1.04. The molecule has 0 aliphatic heterocycles. The summed E-state index contributed by atoms with van der Waals surface area (Å²) in [5.74, 6) is -1.42. The third kappa shape index (κ3) is 5.15. The van der Waals surface area contributed by atoms with E-state index < -0.39 is 17.7 Å². The second kappa shape index (κ2) is 8.29. The Morgan fingerprint density at radius 1 is 1.25 bits per heavy atom. The number of nitrogens with zero attached hydrogens (tertiary/aromatic N) is 1. The molecule has 0 fully saturated rings. The van der Waals surface area contributed by atoms with Gasteiger partial charge >= 0.3 is 0 Å². The van der Waals surface area contributed by atoms with Crippen LogP contribution in [-0.4, -0.2) is 42.7 Å². The van der Waals surface area contributed by atoms with Crippen LogP contribution in [-0.2, 0) is 0 Å². The van der Waals surface area contributed by atoms with Crippen LogP contribution in [0, 0.1) is 11.6 Å². The fourth-order valence-electron chi connectivity index (χ4n) is 1.88. The number of hydrogen-bond acceptors (Lipinski definition) is 3. The Morgan fingerprint density at radius 3 is 2.40 bits per heavy atom. The van der Waals surface area contributed by atoms with Gasteiger partial charge in [-0.25, -0.2) is 8.78 Å². The Balaban J connectivity index is 2.32. The minimum atomic E-state index is -1.17. The van der Waals surface area contributed by atoms with E-state index in [2.05, 4.69) is 24.1 Å². The molecule has 20 heavy (non-hydrogen) atoms. The number of benzene rings is 1. The second-order valence-corrected chi connectivity index (χ2v) is 5.28. The van der Waals surface area contributed by atoms with Crippen molar-refractivity contribution in [3.63, 3.8) is 0 Å². The van der Waals surface area contributed by atoms with Gasteiger partial charge in [-0.05, 0) is 52.5 Å². The van der Waals surface area contributed by atoms with Gasteiger partial charge in [-0.1, -0.05) is 6.07 Å². The monoisotopic (exact) mass is 286 g/mol. The zero-order chi connectivity index (χ0) is 15.1. The summed E-state index contributed by atoms with van der Waals surface area (Å²) < 4.78 is 26.9. The average Bonchev–Trinajstić information content (AvgIpc) is 2.37. The van der Waals surface area contributed by atoms with Gasteiger partial charge in [0.1, 0.15) is 11.6 Å². The molecule has 0 saturated carbocycles. The summed E-state index contributed by atoms with van der Waals surface area (Å²) >= 11 is 0. The van der Waals surface area contributed by atoms with E-state index in [-0.39, 0.29) is 12.1 Å². The largest absolute Gasteiger partial charge is 0.387 e. The predicted octanol–water partition coefficient (Wildman–Crippen LogP) is 2.32. The predicted molar refractivity (Wildman–Crippen MR) is 76.6 cm³/mol. The molecule has 5 heteroatoms. The molecule has 0 aliphatic carbocycles. The molecule has 0 spiro atoms. The molecule has 1 rings (SSSR count). The smallest absolute Gasteiger partial charge is 0.131 e. The van der Waals surface area contributed by atoms with E-state index in [1.165, 1.54) is 6.07 Å². The van der Waals surface area contributed by atoms with E-state index in [0.29, 0.717) is 12.6 Å². The van der Waals surface area contributed by atoms with E-state index in [1.807, 2.05) is 7.05 Å². The van der Waals surface area contributed by atoms with Gasteiger partial charge in [0.05, 0.1) is 11.7 Å². The standard InChI is InChI=1S/C15H24F2N2O/c1-11(2)19(3)9-5-8-18-10-14(20)15-12(16)6-4-7-13(15)17/h4,6-7,11,14,18,20H,5,8-10H2,1-3H3. The molecule has 0 aliphatic rings. The third-order valence-electron chi connectivity index (χ3n) is 3.42. The lowest BCUT2D eigenvalue weighted by Crippen LogP contribution is -2.30. The number of halogens is 2. The molecule has 0 radical (unpaired) electrons. The molecule has 0 heterocycles. The average molecular weight is 286 g/mol. The van der Waals surface area contributed by atoms with Crippen molar-refractivity contribution in [2.45, 2.75) is 32.4 Å². The Labute approximate surface area is 119 Å². The number of aliphatic hydroxyl groups excluding tert-OH is 1. The molecule has 0 bridgehead atoms. The maximum atomic E-state index is 13.4. The van der Waals surface area contributed by atoms with Gasteiger partial charge < -0.3 is 15.3 Å². The van der Waals surface area contributed by atoms with E-state index in [9.17, 15) is 13.9 Å². The molecule has 114 valence electrons. The van der Waals surface area contributed by atoms with Crippen molar-refractivity contribution in [3.8, 4) is 0 Å². The quantitative estimate of drug-likeness (QED) is 0.720. The first-order valence-electron chi connectivity index (χ1n) is 6.96. The summed E-state index contributed by atoms with van der Waals surface area (Å²) in [6, 6.07) is 4.09. The summed E-state index contributed by atoms with van der Waals surface area (Å²) in [6.07, 6.45) is -0.250. The molecule has 0 aromatic heterocycles. The van der Waals surface area contributed by atoms with Gasteiger partial charge in [0, 0.05) is 12.6 Å². The van der Waals surface area contributed by atoms with Crippen LogP contribution in [0.1, 0.15) is 31.9 Å². The summed E-state index contributed by atoms with van der Waals surface area (Å²) in [6.45, 7) is 6.03. The number of hydrogen-bond donors (Lipinski definition) is 2. The summed E-state index contributed by atoms with van der Waals surface area (Å²) in [4.78, 5) is 2.22. The minimum absolute atomic E-state index is 0.142. The zero-order valence-corrected chi connectivity index (χ0v) is 12.4. The van der Waals surface area contributed by atoms with Gasteiger partial charge in [0.2, 0.25) is 0 Å². The van der Waals surface area contributed by atoms with E-state index >= 15 is 0 Å². The molecule has 2 N–H and O–H groups in total. The van der Waals surface area contributed by atoms with Crippen molar-refractivity contribution >= 4 is 0 Å². The number of aliphatic hydroxyl groups is 1. The first-order chi connectivity index (χ1) is 9.43. The highest BCUT2D eigenvalue weighted by Crippen LogP contribution is 2.19. The first-order valence-corrected chi connectivity index (χ1v) is 6.96. The van der Waals surface area contributed by atoms with Gasteiger partial charge in [-0.15, -0.1) is 0 Å². The van der Waals surface area contributed by atoms with Crippen LogP contribution in [0.15, 0.2) is 18.2 Å². The molecule has 1 aromatic rings. The Morgan fingerprint density at radius 2 is 1.85 bits per heavy atom. The van der Waals surface area contributed by atoms with Crippen LogP contribution < -0.4 is 5.32 Å². The molecule has 0 saturated heterocycles. The first kappa shape index (κ1) is 17.0. The minimum Gasteiger partial charge on any atom is -0.387 e. The number of nitrogens with one attached hydrogen (secondary N) is 1. The highest BCUT2D eigenvalue weighted by molar-refractivity contribution is 5.22. The molecule has 0 amide bonds. The van der Waals surface area contributed by atoms with Crippen molar-refractivity contribution in [3.05, 3.63) is 35.4 Å². The summed E-state index contributed by atoms with van der Waals surface area (Å²) in [7, 11) is 2.05. The lowest BCUT2D eigenvalue weighted by molar-refractivity contribution is 0.164. The molecular formula is C15H24F2N2O. The summed E-state index contributed by atoms with van der Waals surface area (Å²) in [5.41, 5.74) is -0.265. The SMILES string of the molecule is CC(C)N(C)CCCNCC(O)c1c(F)cccc1F. The fourth-order valence-corrected chi connectivity index (χ4v) is 1.88. The Kier molecular flexibility index (Phi) is 7.05. The lowest BCUT2D eigenvalue weighted by Gasteiger charge is -2.21. The van der Waals surface area contributed by atoms with E-state index in [1.54, 1.807) is 0 Å². The normalized spacial score (nSPS) is 13.2. The molecule has 1 aromatic carbocycles. The molecule has 1 unspecified atom stereocenters. The third-order valence-corrected chi connectivity index (χ3v) is 3.42. The van der Waals surface area contributed by atoms with Crippen LogP contribution in [0.25, 0.3) is 0 Å². The molecule has 1 atom stereocenters. The van der Waals surface area contributed by atoms with Gasteiger partial charge in [-0.3, -0.25) is 0 Å². The van der Waals surface area contributed by atoms with Crippen molar-refractivity contribution in [2.75, 3.05) is 26.7 Å². The molecule has 3 nitrogen and oxygen atoms in total. The fraction of sp³-hybridized carbons (Fsp3) is 0.600. The highest BCUT2D eigenvalue weighted by Gasteiger charge is 2.17. The van der Waals surface area contributed by atoms with Gasteiger partial charge in [-0.2, -0.15) is 0 Å². The van der Waals surface area contributed by atoms with Crippen LogP contribution in [0.3, 0.4) is 0 Å². The van der Waals surface area contributed by atoms with Gasteiger partial charge in [0.25, 0.3) is 0 Å². The highest BCUT2D eigenvalue weighted by atomic mass is 19.1. The topological polar surface area (TPSA) is 35.5 Å². The van der Waals surface area contributed by atoms with E-state index in [0.717, 1.165) is 25.1 Å². The maximum absolute atomic E-state index is 13.4.